The summed E-state index contributed by atoms with van der Waals surface area (Å²) in [6.45, 7) is 13.9. The average molecular weight is 679 g/mol. The monoisotopic (exact) mass is 678 g/mol. The number of carbonyl (C=O) groups is 3. The van der Waals surface area contributed by atoms with E-state index in [1.165, 1.54) is 24.3 Å². The smallest absolute Gasteiger partial charge is 0.411 e. The number of rotatable bonds is 8. The summed E-state index contributed by atoms with van der Waals surface area (Å²) in [4.78, 5) is 46.1. The van der Waals surface area contributed by atoms with Gasteiger partial charge in [-0.05, 0) is 64.3 Å². The second-order valence-electron chi connectivity index (χ2n) is 13.2. The van der Waals surface area contributed by atoms with Gasteiger partial charge in [-0.15, -0.1) is 0 Å². The van der Waals surface area contributed by atoms with Crippen LogP contribution in [0.5, 0.6) is 5.88 Å². The van der Waals surface area contributed by atoms with Crippen LogP contribution in [0.4, 0.5) is 15.3 Å². The van der Waals surface area contributed by atoms with Crippen LogP contribution in [0.25, 0.3) is 34.0 Å². The fourth-order valence-corrected chi connectivity index (χ4v) is 5.74. The van der Waals surface area contributed by atoms with Gasteiger partial charge in [0.2, 0.25) is 0 Å². The highest BCUT2D eigenvalue weighted by Crippen LogP contribution is 2.43. The maximum absolute atomic E-state index is 13.5. The van der Waals surface area contributed by atoms with Gasteiger partial charge in [-0.25, -0.2) is 32.8 Å². The fourth-order valence-electron chi connectivity index (χ4n) is 4.68. The van der Waals surface area contributed by atoms with Gasteiger partial charge >= 0.3 is 18.1 Å². The maximum atomic E-state index is 13.5. The number of hydrogen-bond donors (Lipinski definition) is 3. The van der Waals surface area contributed by atoms with Crippen molar-refractivity contribution < 1.29 is 36.8 Å². The van der Waals surface area contributed by atoms with E-state index in [2.05, 4.69) is 15.5 Å². The third kappa shape index (κ3) is 7.79. The number of amides is 3. The first-order valence-corrected chi connectivity index (χ1v) is 16.4. The SMILES string of the molecule is CC(C)S(=O)(=O)c1ccc(-c2nc(-c3onc(-c4ccc(NC(N)=O)cc4)c3C(C)(C)C)c(OC(N)=O)nc2C(=O)OC(C)(C)C)cc1. The van der Waals surface area contributed by atoms with E-state index in [0.717, 1.165) is 0 Å². The van der Waals surface area contributed by atoms with Gasteiger partial charge in [0.15, 0.2) is 27.0 Å². The zero-order chi connectivity index (χ0) is 35.8. The second-order valence-corrected chi connectivity index (χ2v) is 15.7. The minimum absolute atomic E-state index is 0.00995. The lowest BCUT2D eigenvalue weighted by Gasteiger charge is -2.22. The molecular weight excluding hydrogens is 640 g/mol. The average Bonchev–Trinajstić information content (AvgIpc) is 3.42. The molecule has 4 rings (SSSR count). The fraction of sp³-hybridized carbons (Fsp3) is 0.333. The molecule has 0 bridgehead atoms. The Kier molecular flexibility index (Phi) is 9.67. The number of nitrogens with zero attached hydrogens (tertiary/aromatic N) is 3. The van der Waals surface area contributed by atoms with Gasteiger partial charge in [0.25, 0.3) is 5.88 Å². The third-order valence-corrected chi connectivity index (χ3v) is 8.98. The Hall–Kier alpha value is -5.31. The number of primary amides is 2. The van der Waals surface area contributed by atoms with E-state index in [1.807, 2.05) is 20.8 Å². The number of ether oxygens (including phenoxy) is 2. The standard InChI is InChI=1S/C33H38N6O8S/c1-17(2)48(43,44)21-15-11-19(12-16-21)24-25(29(40)46-33(6,7)8)38-28(45-31(35)42)26(37-24)27-22(32(3,4)5)23(39-47-27)18-9-13-20(14-10-18)36-30(34)41/h9-17H,1-8H3,(H2,35,42)(H3,34,36,41). The molecule has 2 aromatic heterocycles. The van der Waals surface area contributed by atoms with E-state index in [4.69, 9.17) is 30.4 Å². The van der Waals surface area contributed by atoms with Gasteiger partial charge in [-0.3, -0.25) is 0 Å². The molecule has 254 valence electrons. The molecule has 0 aliphatic heterocycles. The molecule has 3 amide bonds. The van der Waals surface area contributed by atoms with Crippen LogP contribution in [0.2, 0.25) is 0 Å². The normalized spacial score (nSPS) is 12.1. The van der Waals surface area contributed by atoms with Crippen molar-refractivity contribution >= 4 is 33.6 Å². The largest absolute Gasteiger partial charge is 0.455 e. The summed E-state index contributed by atoms with van der Waals surface area (Å²) < 4.78 is 42.4. The third-order valence-electron chi connectivity index (χ3n) is 6.81. The number of nitrogens with one attached hydrogen (secondary N) is 1. The van der Waals surface area contributed by atoms with Crippen LogP contribution in [0.3, 0.4) is 0 Å². The Balaban J connectivity index is 2.01. The van der Waals surface area contributed by atoms with Crippen molar-refractivity contribution in [1.29, 1.82) is 0 Å². The maximum Gasteiger partial charge on any atom is 0.411 e. The lowest BCUT2D eigenvalue weighted by Crippen LogP contribution is -2.26. The molecule has 0 atom stereocenters. The molecule has 48 heavy (non-hydrogen) atoms. The quantitative estimate of drug-likeness (QED) is 0.188. The summed E-state index contributed by atoms with van der Waals surface area (Å²) in [5, 5.41) is 6.15. The minimum Gasteiger partial charge on any atom is -0.455 e. The molecule has 14 nitrogen and oxygen atoms in total. The van der Waals surface area contributed by atoms with E-state index >= 15 is 0 Å². The van der Waals surface area contributed by atoms with E-state index in [-0.39, 0.29) is 27.7 Å². The molecule has 4 aromatic rings. The summed E-state index contributed by atoms with van der Waals surface area (Å²) in [6.07, 6.45) is -1.23. The highest BCUT2D eigenvalue weighted by Gasteiger charge is 2.35. The zero-order valence-electron chi connectivity index (χ0n) is 27.9. The van der Waals surface area contributed by atoms with Crippen LogP contribution >= 0.6 is 0 Å². The van der Waals surface area contributed by atoms with E-state index < -0.39 is 50.1 Å². The molecule has 2 aromatic carbocycles. The number of nitrogens with two attached hydrogens (primary N) is 2. The van der Waals surface area contributed by atoms with Crippen molar-refractivity contribution in [3.8, 4) is 39.8 Å². The van der Waals surface area contributed by atoms with Crippen LogP contribution in [0.15, 0.2) is 57.9 Å². The van der Waals surface area contributed by atoms with Crippen molar-refractivity contribution in [2.24, 2.45) is 11.5 Å². The summed E-state index contributed by atoms with van der Waals surface area (Å²) >= 11 is 0. The van der Waals surface area contributed by atoms with E-state index in [9.17, 15) is 22.8 Å². The lowest BCUT2D eigenvalue weighted by atomic mass is 9.83. The number of urea groups is 1. The Morgan fingerprint density at radius 2 is 1.40 bits per heavy atom. The Bertz CT molecular complexity index is 1970. The van der Waals surface area contributed by atoms with Crippen LogP contribution in [-0.4, -0.2) is 52.5 Å². The first-order chi connectivity index (χ1) is 22.2. The van der Waals surface area contributed by atoms with Crippen LogP contribution < -0.4 is 21.5 Å². The summed E-state index contributed by atoms with van der Waals surface area (Å²) in [6, 6.07) is 11.8. The van der Waals surface area contributed by atoms with Gasteiger partial charge in [0.05, 0.1) is 10.1 Å². The predicted molar refractivity (Wildman–Crippen MR) is 178 cm³/mol. The molecule has 0 aliphatic rings. The van der Waals surface area contributed by atoms with Crippen LogP contribution in [0.1, 0.15) is 71.4 Å². The Labute approximate surface area is 278 Å². The van der Waals surface area contributed by atoms with Gasteiger partial charge < -0.3 is 30.8 Å². The zero-order valence-corrected chi connectivity index (χ0v) is 28.7. The van der Waals surface area contributed by atoms with Gasteiger partial charge in [0, 0.05) is 22.4 Å². The number of benzene rings is 2. The molecule has 5 N–H and O–H groups in total. The van der Waals surface area contributed by atoms with Gasteiger partial charge in [0.1, 0.15) is 17.0 Å². The van der Waals surface area contributed by atoms with E-state index in [1.54, 1.807) is 58.9 Å². The number of carbonyl (C=O) groups excluding carboxylic acids is 3. The van der Waals surface area contributed by atoms with Crippen molar-refractivity contribution in [3.05, 3.63) is 59.8 Å². The molecule has 15 heteroatoms. The molecule has 0 fully saturated rings. The number of esters is 1. The number of hydrogen-bond acceptors (Lipinski definition) is 11. The summed E-state index contributed by atoms with van der Waals surface area (Å²) in [7, 11) is -3.60. The van der Waals surface area contributed by atoms with Crippen molar-refractivity contribution in [3.63, 3.8) is 0 Å². The number of sulfone groups is 1. The molecule has 2 heterocycles. The molecular formula is C33H38N6O8S. The molecule has 0 saturated heterocycles. The van der Waals surface area contributed by atoms with Crippen molar-refractivity contribution in [1.82, 2.24) is 15.1 Å². The first kappa shape index (κ1) is 35.5. The van der Waals surface area contributed by atoms with Crippen LogP contribution in [0, 0.1) is 0 Å². The number of anilines is 1. The van der Waals surface area contributed by atoms with E-state index in [0.29, 0.717) is 28.1 Å². The molecule has 0 radical (unpaired) electrons. The molecule has 0 aliphatic carbocycles. The highest BCUT2D eigenvalue weighted by molar-refractivity contribution is 7.92. The lowest BCUT2D eigenvalue weighted by molar-refractivity contribution is 0.00623. The Morgan fingerprint density at radius 1 is 0.833 bits per heavy atom. The predicted octanol–water partition coefficient (Wildman–Crippen LogP) is 5.85. The van der Waals surface area contributed by atoms with Gasteiger partial charge in [-0.2, -0.15) is 0 Å². The van der Waals surface area contributed by atoms with Crippen LogP contribution in [-0.2, 0) is 20.0 Å². The second kappa shape index (κ2) is 13.1. The molecule has 0 saturated carbocycles. The number of aromatic nitrogens is 3. The van der Waals surface area contributed by atoms with Crippen molar-refractivity contribution in [2.75, 3.05) is 5.32 Å². The first-order valence-electron chi connectivity index (χ1n) is 14.8. The molecule has 0 unspecified atom stereocenters. The summed E-state index contributed by atoms with van der Waals surface area (Å²) in [5.41, 5.74) is 11.0. The van der Waals surface area contributed by atoms with Crippen molar-refractivity contribution in [2.45, 2.75) is 76.6 Å². The summed E-state index contributed by atoms with van der Waals surface area (Å²) in [5.74, 6) is -1.26. The topological polar surface area (TPSA) is 220 Å². The molecule has 0 spiro atoms. The highest BCUT2D eigenvalue weighted by atomic mass is 32.2. The minimum atomic E-state index is -3.60. The Morgan fingerprint density at radius 3 is 1.90 bits per heavy atom. The van der Waals surface area contributed by atoms with Gasteiger partial charge in [-0.1, -0.05) is 50.2 Å².